The second-order valence-corrected chi connectivity index (χ2v) is 3.38. The Morgan fingerprint density at radius 2 is 2.00 bits per heavy atom. The molecule has 1 aliphatic rings. The highest BCUT2D eigenvalue weighted by atomic mass is 32.2. The number of hydrogen-bond acceptors (Lipinski definition) is 4. The molecule has 3 nitrogen and oxygen atoms in total. The van der Waals surface area contributed by atoms with E-state index in [0.29, 0.717) is 0 Å². The van der Waals surface area contributed by atoms with Crippen molar-refractivity contribution in [3.63, 3.8) is 0 Å². The van der Waals surface area contributed by atoms with Gasteiger partial charge in [-0.2, -0.15) is 0 Å². The Balaban J connectivity index is 2.04. The summed E-state index contributed by atoms with van der Waals surface area (Å²) in [7, 11) is 0. The van der Waals surface area contributed by atoms with E-state index in [0.717, 1.165) is 0 Å². The topological polar surface area (TPSA) is 37.1 Å². The number of benzene rings is 1. The SMILES string of the molecule is C1=NC(Sc2ccccc2)N=N1. The van der Waals surface area contributed by atoms with Crippen LogP contribution < -0.4 is 0 Å². The molecule has 0 aliphatic carbocycles. The van der Waals surface area contributed by atoms with E-state index in [-0.39, 0.29) is 5.50 Å². The molecule has 1 aromatic rings. The Labute approximate surface area is 74.6 Å². The van der Waals surface area contributed by atoms with Gasteiger partial charge >= 0.3 is 0 Å². The van der Waals surface area contributed by atoms with Crippen LogP contribution in [0.3, 0.4) is 0 Å². The van der Waals surface area contributed by atoms with Crippen molar-refractivity contribution in [1.29, 1.82) is 0 Å². The smallest absolute Gasteiger partial charge is 0.213 e. The maximum absolute atomic E-state index is 4.04. The van der Waals surface area contributed by atoms with Crippen LogP contribution in [0.1, 0.15) is 0 Å². The Hall–Kier alpha value is -1.16. The molecule has 1 heterocycles. The molecule has 12 heavy (non-hydrogen) atoms. The zero-order valence-corrected chi connectivity index (χ0v) is 7.11. The third-order valence-electron chi connectivity index (χ3n) is 1.40. The second kappa shape index (κ2) is 3.49. The fraction of sp³-hybridized carbons (Fsp3) is 0.125. The third kappa shape index (κ3) is 1.71. The fourth-order valence-corrected chi connectivity index (χ4v) is 1.65. The lowest BCUT2D eigenvalue weighted by atomic mass is 10.4. The lowest BCUT2D eigenvalue weighted by molar-refractivity contribution is 0.971. The number of thioether (sulfide) groups is 1. The van der Waals surface area contributed by atoms with Gasteiger partial charge in [0.05, 0.1) is 0 Å². The van der Waals surface area contributed by atoms with E-state index in [1.165, 1.54) is 11.2 Å². The molecule has 1 aromatic carbocycles. The molecule has 0 bridgehead atoms. The van der Waals surface area contributed by atoms with Crippen molar-refractivity contribution in [2.45, 2.75) is 10.4 Å². The van der Waals surface area contributed by atoms with Crippen molar-refractivity contribution in [3.8, 4) is 0 Å². The van der Waals surface area contributed by atoms with Gasteiger partial charge in [-0.1, -0.05) is 30.0 Å². The van der Waals surface area contributed by atoms with Gasteiger partial charge in [-0.3, -0.25) is 0 Å². The Bertz CT molecular complexity index is 295. The van der Waals surface area contributed by atoms with Crippen LogP contribution in [0.5, 0.6) is 0 Å². The molecule has 0 saturated heterocycles. The lowest BCUT2D eigenvalue weighted by Crippen LogP contribution is -1.87. The molecule has 1 atom stereocenters. The van der Waals surface area contributed by atoms with Crippen LogP contribution in [-0.4, -0.2) is 11.8 Å². The van der Waals surface area contributed by atoms with Crippen molar-refractivity contribution in [2.75, 3.05) is 0 Å². The van der Waals surface area contributed by atoms with E-state index in [1.54, 1.807) is 11.8 Å². The summed E-state index contributed by atoms with van der Waals surface area (Å²) in [5.41, 5.74) is -0.0765. The quantitative estimate of drug-likeness (QED) is 0.684. The van der Waals surface area contributed by atoms with Crippen LogP contribution in [0.25, 0.3) is 0 Å². The molecule has 2 rings (SSSR count). The van der Waals surface area contributed by atoms with Crippen LogP contribution in [0.2, 0.25) is 0 Å². The molecular formula is C8H7N3S. The molecule has 4 heteroatoms. The molecule has 0 spiro atoms. The molecule has 60 valence electrons. The summed E-state index contributed by atoms with van der Waals surface area (Å²) in [5, 5.41) is 7.57. The van der Waals surface area contributed by atoms with Crippen molar-refractivity contribution in [2.24, 2.45) is 15.2 Å². The summed E-state index contributed by atoms with van der Waals surface area (Å²) >= 11 is 1.59. The number of aliphatic imine (C=N–C) groups is 1. The van der Waals surface area contributed by atoms with Crippen LogP contribution in [0.15, 0.2) is 50.4 Å². The number of nitrogens with zero attached hydrogens (tertiary/aromatic N) is 3. The van der Waals surface area contributed by atoms with Gasteiger partial charge in [-0.25, -0.2) is 4.99 Å². The lowest BCUT2D eigenvalue weighted by Gasteiger charge is -2.00. The number of azo groups is 1. The Kier molecular flexibility index (Phi) is 2.18. The van der Waals surface area contributed by atoms with Gasteiger partial charge in [0.1, 0.15) is 6.34 Å². The number of hydrogen-bond donors (Lipinski definition) is 0. The normalized spacial score (nSPS) is 20.2. The number of rotatable bonds is 2. The van der Waals surface area contributed by atoms with Crippen LogP contribution in [0, 0.1) is 0 Å². The first kappa shape index (κ1) is 7.49. The van der Waals surface area contributed by atoms with Gasteiger partial charge < -0.3 is 0 Å². The summed E-state index contributed by atoms with van der Waals surface area (Å²) in [4.78, 5) is 5.20. The highest BCUT2D eigenvalue weighted by Crippen LogP contribution is 2.25. The fourth-order valence-electron chi connectivity index (χ4n) is 0.878. The van der Waals surface area contributed by atoms with Gasteiger partial charge in [-0.05, 0) is 12.1 Å². The largest absolute Gasteiger partial charge is 0.232 e. The van der Waals surface area contributed by atoms with E-state index in [4.69, 9.17) is 0 Å². The average Bonchev–Trinajstić information content (AvgIpc) is 2.59. The van der Waals surface area contributed by atoms with Gasteiger partial charge in [-0.15, -0.1) is 10.2 Å². The summed E-state index contributed by atoms with van der Waals surface area (Å²) in [5.74, 6) is 0. The summed E-state index contributed by atoms with van der Waals surface area (Å²) in [6, 6.07) is 10.1. The Morgan fingerprint density at radius 1 is 1.17 bits per heavy atom. The molecule has 1 unspecified atom stereocenters. The van der Waals surface area contributed by atoms with E-state index in [2.05, 4.69) is 15.2 Å². The molecule has 0 fully saturated rings. The van der Waals surface area contributed by atoms with Crippen LogP contribution >= 0.6 is 11.8 Å². The molecule has 0 amide bonds. The third-order valence-corrected chi connectivity index (χ3v) is 2.37. The van der Waals surface area contributed by atoms with Gasteiger partial charge in [0.25, 0.3) is 0 Å². The molecule has 0 saturated carbocycles. The minimum atomic E-state index is -0.0765. The summed E-state index contributed by atoms with van der Waals surface area (Å²) in [6.07, 6.45) is 1.49. The van der Waals surface area contributed by atoms with Crippen molar-refractivity contribution >= 4 is 18.1 Å². The minimum absolute atomic E-state index is 0.0765. The molecule has 0 N–H and O–H groups in total. The molecule has 0 radical (unpaired) electrons. The predicted octanol–water partition coefficient (Wildman–Crippen LogP) is 2.56. The summed E-state index contributed by atoms with van der Waals surface area (Å²) in [6.45, 7) is 0. The second-order valence-electron chi connectivity index (χ2n) is 2.25. The van der Waals surface area contributed by atoms with Crippen molar-refractivity contribution in [3.05, 3.63) is 30.3 Å². The molecular weight excluding hydrogens is 170 g/mol. The highest BCUT2D eigenvalue weighted by Gasteiger charge is 2.08. The predicted molar refractivity (Wildman–Crippen MR) is 49.4 cm³/mol. The van der Waals surface area contributed by atoms with Gasteiger partial charge in [0.2, 0.25) is 5.50 Å². The van der Waals surface area contributed by atoms with E-state index < -0.39 is 0 Å². The monoisotopic (exact) mass is 177 g/mol. The first-order valence-corrected chi connectivity index (χ1v) is 4.46. The summed E-state index contributed by atoms with van der Waals surface area (Å²) < 4.78 is 0. The molecule has 1 aliphatic heterocycles. The van der Waals surface area contributed by atoms with Crippen LogP contribution in [-0.2, 0) is 0 Å². The van der Waals surface area contributed by atoms with Crippen molar-refractivity contribution in [1.82, 2.24) is 0 Å². The van der Waals surface area contributed by atoms with E-state index in [1.807, 2.05) is 30.3 Å². The first-order valence-electron chi connectivity index (χ1n) is 3.58. The van der Waals surface area contributed by atoms with Crippen LogP contribution in [0.4, 0.5) is 0 Å². The maximum atomic E-state index is 4.04. The standard InChI is InChI=1S/C8H7N3S/c1-2-4-7(5-3-1)12-8-9-6-10-11-8/h1-6,8H. The minimum Gasteiger partial charge on any atom is -0.232 e. The average molecular weight is 177 g/mol. The van der Waals surface area contributed by atoms with Gasteiger partial charge in [0.15, 0.2) is 0 Å². The highest BCUT2D eigenvalue weighted by molar-refractivity contribution is 7.99. The first-order chi connectivity index (χ1) is 5.95. The zero-order valence-electron chi connectivity index (χ0n) is 6.29. The van der Waals surface area contributed by atoms with E-state index >= 15 is 0 Å². The van der Waals surface area contributed by atoms with E-state index in [9.17, 15) is 0 Å². The van der Waals surface area contributed by atoms with Crippen molar-refractivity contribution < 1.29 is 0 Å². The molecule has 0 aromatic heterocycles. The Morgan fingerprint density at radius 3 is 2.67 bits per heavy atom. The van der Waals surface area contributed by atoms with Gasteiger partial charge in [0, 0.05) is 4.90 Å². The zero-order chi connectivity index (χ0) is 8.23. The maximum Gasteiger partial charge on any atom is 0.213 e.